The van der Waals surface area contributed by atoms with E-state index in [9.17, 15) is 0 Å². The first-order valence-electron chi connectivity index (χ1n) is 6.70. The molecule has 0 radical (unpaired) electrons. The predicted molar refractivity (Wildman–Crippen MR) is 88.3 cm³/mol. The standard InChI is InChI=1S/C15H17N3.2ClH/c1-2-4-15-11(3-1)5-14(8-17-15)18-9-12-6-16-7-13(12)10-18;;/h1-5,8,12-13,16H,6-7,9-10H2;2*1H/t12-,13+;;. The molecule has 0 spiro atoms. The summed E-state index contributed by atoms with van der Waals surface area (Å²) in [6, 6.07) is 10.6. The van der Waals surface area contributed by atoms with Crippen LogP contribution in [0.1, 0.15) is 0 Å². The highest BCUT2D eigenvalue weighted by molar-refractivity contribution is 5.85. The summed E-state index contributed by atoms with van der Waals surface area (Å²) >= 11 is 0. The number of pyridine rings is 1. The molecule has 0 bridgehead atoms. The van der Waals surface area contributed by atoms with Gasteiger partial charge in [0.25, 0.3) is 0 Å². The van der Waals surface area contributed by atoms with Crippen molar-refractivity contribution >= 4 is 41.4 Å². The van der Waals surface area contributed by atoms with E-state index in [1.165, 1.54) is 37.3 Å². The summed E-state index contributed by atoms with van der Waals surface area (Å²) in [4.78, 5) is 7.06. The topological polar surface area (TPSA) is 28.2 Å². The van der Waals surface area contributed by atoms with Gasteiger partial charge in [-0.15, -0.1) is 24.8 Å². The van der Waals surface area contributed by atoms with Crippen molar-refractivity contribution in [3.05, 3.63) is 36.5 Å². The Bertz CT molecular complexity index is 578. The summed E-state index contributed by atoms with van der Waals surface area (Å²) in [5.41, 5.74) is 2.37. The van der Waals surface area contributed by atoms with Crippen LogP contribution in [0.5, 0.6) is 0 Å². The molecule has 2 saturated heterocycles. The molecule has 1 aromatic heterocycles. The Morgan fingerprint density at radius 3 is 2.50 bits per heavy atom. The van der Waals surface area contributed by atoms with Crippen molar-refractivity contribution in [3.63, 3.8) is 0 Å². The molecule has 0 amide bonds. The molecule has 1 aromatic carbocycles. The van der Waals surface area contributed by atoms with Crippen LogP contribution in [0.15, 0.2) is 36.5 Å². The third kappa shape index (κ3) is 2.58. The lowest BCUT2D eigenvalue weighted by molar-refractivity contribution is 0.533. The maximum atomic E-state index is 4.56. The zero-order chi connectivity index (χ0) is 11.9. The molecular weight excluding hydrogens is 293 g/mol. The molecule has 0 saturated carbocycles. The molecule has 2 atom stereocenters. The van der Waals surface area contributed by atoms with Crippen LogP contribution in [-0.4, -0.2) is 31.2 Å². The lowest BCUT2D eigenvalue weighted by atomic mass is 10.0. The molecule has 20 heavy (non-hydrogen) atoms. The van der Waals surface area contributed by atoms with Crippen molar-refractivity contribution in [1.82, 2.24) is 10.3 Å². The molecule has 2 fully saturated rings. The Morgan fingerprint density at radius 2 is 1.75 bits per heavy atom. The number of benzene rings is 1. The van der Waals surface area contributed by atoms with E-state index in [2.05, 4.69) is 39.5 Å². The molecule has 3 heterocycles. The monoisotopic (exact) mass is 311 g/mol. The van der Waals surface area contributed by atoms with Crippen molar-refractivity contribution in [2.24, 2.45) is 11.8 Å². The number of nitrogens with one attached hydrogen (secondary N) is 1. The van der Waals surface area contributed by atoms with Crippen molar-refractivity contribution in [2.75, 3.05) is 31.1 Å². The second-order valence-corrected chi connectivity index (χ2v) is 5.47. The van der Waals surface area contributed by atoms with Gasteiger partial charge in [-0.2, -0.15) is 0 Å². The lowest BCUT2D eigenvalue weighted by Gasteiger charge is -2.19. The quantitative estimate of drug-likeness (QED) is 0.877. The molecule has 2 aliphatic rings. The van der Waals surface area contributed by atoms with Gasteiger partial charge >= 0.3 is 0 Å². The zero-order valence-corrected chi connectivity index (χ0v) is 12.8. The molecule has 2 aliphatic heterocycles. The SMILES string of the molecule is Cl.Cl.c1ccc2ncc(N3C[C@H]4CNC[C@H]4C3)cc2c1. The minimum absolute atomic E-state index is 0. The summed E-state index contributed by atoms with van der Waals surface area (Å²) in [6.07, 6.45) is 2.02. The average molecular weight is 312 g/mol. The number of fused-ring (bicyclic) bond motifs is 2. The molecule has 0 unspecified atom stereocenters. The number of aromatic nitrogens is 1. The van der Waals surface area contributed by atoms with Gasteiger partial charge in [-0.3, -0.25) is 4.98 Å². The van der Waals surface area contributed by atoms with Gasteiger partial charge in [0.05, 0.1) is 17.4 Å². The molecular formula is C15H19Cl2N3. The third-order valence-corrected chi connectivity index (χ3v) is 4.33. The predicted octanol–water partition coefficient (Wildman–Crippen LogP) is 2.73. The Balaban J connectivity index is 0.000000735. The molecule has 108 valence electrons. The van der Waals surface area contributed by atoms with Gasteiger partial charge < -0.3 is 10.2 Å². The highest BCUT2D eigenvalue weighted by Gasteiger charge is 2.36. The number of rotatable bonds is 1. The summed E-state index contributed by atoms with van der Waals surface area (Å²) in [5.74, 6) is 1.66. The van der Waals surface area contributed by atoms with E-state index in [0.29, 0.717) is 0 Å². The molecule has 2 aromatic rings. The van der Waals surface area contributed by atoms with Gasteiger partial charge in [0, 0.05) is 31.6 Å². The second kappa shape index (κ2) is 6.17. The number of hydrogen-bond donors (Lipinski definition) is 1. The average Bonchev–Trinajstić information content (AvgIpc) is 2.99. The fourth-order valence-corrected chi connectivity index (χ4v) is 3.30. The minimum atomic E-state index is 0. The normalized spacial score (nSPS) is 24.1. The van der Waals surface area contributed by atoms with Crippen molar-refractivity contribution in [2.45, 2.75) is 0 Å². The molecule has 4 rings (SSSR count). The summed E-state index contributed by atoms with van der Waals surface area (Å²) in [6.45, 7) is 4.72. The Morgan fingerprint density at radius 1 is 1.05 bits per heavy atom. The number of hydrogen-bond acceptors (Lipinski definition) is 3. The molecule has 5 heteroatoms. The number of halogens is 2. The van der Waals surface area contributed by atoms with Crippen LogP contribution in [0.2, 0.25) is 0 Å². The fourth-order valence-electron chi connectivity index (χ4n) is 3.30. The number of anilines is 1. The van der Waals surface area contributed by atoms with E-state index < -0.39 is 0 Å². The van der Waals surface area contributed by atoms with Crippen LogP contribution in [0.25, 0.3) is 10.9 Å². The maximum absolute atomic E-state index is 4.56. The van der Waals surface area contributed by atoms with Crippen LogP contribution in [-0.2, 0) is 0 Å². The Kier molecular flexibility index (Phi) is 4.74. The van der Waals surface area contributed by atoms with E-state index >= 15 is 0 Å². The number of nitrogens with zero attached hydrogens (tertiary/aromatic N) is 2. The van der Waals surface area contributed by atoms with E-state index in [1.807, 2.05) is 12.3 Å². The highest BCUT2D eigenvalue weighted by Crippen LogP contribution is 2.31. The van der Waals surface area contributed by atoms with Gasteiger partial charge in [0.2, 0.25) is 0 Å². The van der Waals surface area contributed by atoms with Crippen LogP contribution in [0.4, 0.5) is 5.69 Å². The lowest BCUT2D eigenvalue weighted by Crippen LogP contribution is -2.25. The zero-order valence-electron chi connectivity index (χ0n) is 11.2. The van der Waals surface area contributed by atoms with Gasteiger partial charge in [-0.25, -0.2) is 0 Å². The summed E-state index contributed by atoms with van der Waals surface area (Å²) < 4.78 is 0. The van der Waals surface area contributed by atoms with Gasteiger partial charge in [-0.05, 0) is 24.0 Å². The van der Waals surface area contributed by atoms with Gasteiger partial charge in [0.15, 0.2) is 0 Å². The van der Waals surface area contributed by atoms with Crippen LogP contribution < -0.4 is 10.2 Å². The first kappa shape index (κ1) is 15.4. The highest BCUT2D eigenvalue weighted by atomic mass is 35.5. The van der Waals surface area contributed by atoms with Crippen LogP contribution in [0.3, 0.4) is 0 Å². The van der Waals surface area contributed by atoms with Crippen molar-refractivity contribution in [1.29, 1.82) is 0 Å². The van der Waals surface area contributed by atoms with E-state index in [1.54, 1.807) is 0 Å². The molecule has 1 N–H and O–H groups in total. The maximum Gasteiger partial charge on any atom is 0.0703 e. The van der Waals surface area contributed by atoms with E-state index in [0.717, 1.165) is 17.4 Å². The van der Waals surface area contributed by atoms with Gasteiger partial charge in [-0.1, -0.05) is 18.2 Å². The first-order valence-corrected chi connectivity index (χ1v) is 6.70. The van der Waals surface area contributed by atoms with Crippen molar-refractivity contribution < 1.29 is 0 Å². The Hall–Kier alpha value is -1.03. The minimum Gasteiger partial charge on any atom is -0.370 e. The molecule has 0 aliphatic carbocycles. The van der Waals surface area contributed by atoms with E-state index in [-0.39, 0.29) is 24.8 Å². The number of para-hydroxylation sites is 1. The fraction of sp³-hybridized carbons (Fsp3) is 0.400. The molecule has 3 nitrogen and oxygen atoms in total. The smallest absolute Gasteiger partial charge is 0.0703 e. The summed E-state index contributed by atoms with van der Waals surface area (Å²) in [7, 11) is 0. The third-order valence-electron chi connectivity index (χ3n) is 4.33. The van der Waals surface area contributed by atoms with E-state index in [4.69, 9.17) is 0 Å². The van der Waals surface area contributed by atoms with Gasteiger partial charge in [0.1, 0.15) is 0 Å². The largest absolute Gasteiger partial charge is 0.370 e. The summed E-state index contributed by atoms with van der Waals surface area (Å²) in [5, 5.41) is 4.72. The second-order valence-electron chi connectivity index (χ2n) is 5.47. The van der Waals surface area contributed by atoms with Crippen LogP contribution in [0, 0.1) is 11.8 Å². The Labute approximate surface area is 131 Å². The van der Waals surface area contributed by atoms with Crippen molar-refractivity contribution in [3.8, 4) is 0 Å². The first-order chi connectivity index (χ1) is 8.90. The van der Waals surface area contributed by atoms with Crippen LogP contribution >= 0.6 is 24.8 Å².